The normalized spacial score (nSPS) is 13.3. The number of halogens is 1. The van der Waals surface area contributed by atoms with Crippen molar-refractivity contribution in [3.8, 4) is 0 Å². The first-order valence-corrected chi connectivity index (χ1v) is 16.0. The van der Waals surface area contributed by atoms with Crippen LogP contribution in [0.1, 0.15) is 38.8 Å². The first kappa shape index (κ1) is 31.2. The monoisotopic (exact) mass is 602 g/mol. The lowest BCUT2D eigenvalue weighted by Crippen LogP contribution is -2.69. The van der Waals surface area contributed by atoms with Crippen LogP contribution < -0.4 is 15.7 Å². The zero-order valence-electron chi connectivity index (χ0n) is 24.1. The molecule has 9 heteroatoms. The molecule has 0 aliphatic heterocycles. The van der Waals surface area contributed by atoms with Crippen molar-refractivity contribution in [1.29, 1.82) is 0 Å². The number of ether oxygens (including phenoxy) is 1. The number of hydrogen-bond acceptors (Lipinski definition) is 5. The summed E-state index contributed by atoms with van der Waals surface area (Å²) >= 11 is 5.56. The van der Waals surface area contributed by atoms with Gasteiger partial charge in [-0.15, -0.1) is 0 Å². The van der Waals surface area contributed by atoms with Gasteiger partial charge in [0.2, 0.25) is 5.82 Å². The van der Waals surface area contributed by atoms with Crippen molar-refractivity contribution in [2.24, 2.45) is 0 Å². The van der Waals surface area contributed by atoms with Crippen LogP contribution in [0.3, 0.4) is 0 Å². The second-order valence-electron chi connectivity index (χ2n) is 11.1. The van der Waals surface area contributed by atoms with Crippen LogP contribution in [0, 0.1) is 15.9 Å². The third-order valence-corrected chi connectivity index (χ3v) is 12.5. The van der Waals surface area contributed by atoms with E-state index in [-0.39, 0.29) is 22.2 Å². The van der Waals surface area contributed by atoms with E-state index in [4.69, 9.17) is 21.4 Å². The maximum absolute atomic E-state index is 15.0. The van der Waals surface area contributed by atoms with Gasteiger partial charge in [0.05, 0.1) is 23.1 Å². The summed E-state index contributed by atoms with van der Waals surface area (Å²) in [5.41, 5.74) is 0.274. The number of nitrogens with one attached hydrogen (secondary N) is 1. The van der Waals surface area contributed by atoms with Crippen molar-refractivity contribution in [3.63, 3.8) is 0 Å². The molecule has 0 amide bonds. The minimum Gasteiger partial charge on any atom is -0.381 e. The molecule has 42 heavy (non-hydrogen) atoms. The molecule has 6 nitrogen and oxygen atoms in total. The molecule has 4 rings (SSSR count). The van der Waals surface area contributed by atoms with E-state index in [0.717, 1.165) is 22.0 Å². The predicted octanol–water partition coefficient (Wildman–Crippen LogP) is 6.51. The van der Waals surface area contributed by atoms with Gasteiger partial charge in [-0.2, -0.15) is 4.39 Å². The van der Waals surface area contributed by atoms with Gasteiger partial charge >= 0.3 is 5.69 Å². The molecule has 0 heterocycles. The third-order valence-electron chi connectivity index (χ3n) is 7.15. The molecule has 0 saturated carbocycles. The van der Waals surface area contributed by atoms with Crippen molar-refractivity contribution in [1.82, 2.24) is 5.32 Å². The minimum absolute atomic E-state index is 0.0306. The Morgan fingerprint density at radius 2 is 1.43 bits per heavy atom. The molecule has 0 unspecified atom stereocenters. The quantitative estimate of drug-likeness (QED) is 0.0694. The van der Waals surface area contributed by atoms with Gasteiger partial charge < -0.3 is 14.5 Å². The Balaban J connectivity index is 1.76. The van der Waals surface area contributed by atoms with Gasteiger partial charge in [-0.3, -0.25) is 10.1 Å². The second kappa shape index (κ2) is 13.5. The van der Waals surface area contributed by atoms with E-state index in [9.17, 15) is 10.1 Å². The van der Waals surface area contributed by atoms with Crippen molar-refractivity contribution in [3.05, 3.63) is 136 Å². The third kappa shape index (κ3) is 6.82. The smallest absolute Gasteiger partial charge is 0.305 e. The standard InChI is InChI=1S/C33H35FN2O4SSi/c1-24(35-31(41)28-21-14-22-29(30(28)34)36(37)38)32(39-23-25-15-8-5-9-16-25)40-42(33(2,3)4,26-17-10-6-11-18-26)27-19-12-7-13-20-27/h5-22,24,32H,23H2,1-4H3,(H,35,41)/t24-,32-/m0/s1. The van der Waals surface area contributed by atoms with Crippen LogP contribution in [0.5, 0.6) is 0 Å². The van der Waals surface area contributed by atoms with Gasteiger partial charge in [0, 0.05) is 6.07 Å². The molecule has 0 bridgehead atoms. The lowest BCUT2D eigenvalue weighted by molar-refractivity contribution is -0.387. The van der Waals surface area contributed by atoms with E-state index in [1.165, 1.54) is 12.1 Å². The van der Waals surface area contributed by atoms with Gasteiger partial charge in [0.25, 0.3) is 8.32 Å². The number of rotatable bonds is 11. The van der Waals surface area contributed by atoms with E-state index in [1.807, 2.05) is 73.7 Å². The van der Waals surface area contributed by atoms with Gasteiger partial charge in [-0.05, 0) is 34.0 Å². The van der Waals surface area contributed by atoms with Crippen LogP contribution >= 0.6 is 12.2 Å². The van der Waals surface area contributed by atoms with E-state index >= 15 is 4.39 Å². The SMILES string of the molecule is C[C@H](NC(=S)c1cccc([N+](=O)[O-])c1F)[C@@H](OCc1ccccc1)O[Si](c1ccccc1)(c1ccccc1)C(C)(C)C. The Bertz CT molecular complexity index is 1460. The van der Waals surface area contributed by atoms with E-state index in [1.54, 1.807) is 0 Å². The number of nitro benzene ring substituents is 1. The van der Waals surface area contributed by atoms with E-state index < -0.39 is 37.1 Å². The van der Waals surface area contributed by atoms with Gasteiger partial charge in [0.15, 0.2) is 6.29 Å². The summed E-state index contributed by atoms with van der Waals surface area (Å²) in [5.74, 6) is -0.984. The molecule has 0 fully saturated rings. The fourth-order valence-electron chi connectivity index (χ4n) is 5.09. The largest absolute Gasteiger partial charge is 0.381 e. The van der Waals surface area contributed by atoms with E-state index in [0.29, 0.717) is 0 Å². The molecule has 4 aromatic rings. The molecule has 0 aromatic heterocycles. The molecule has 4 aromatic carbocycles. The van der Waals surface area contributed by atoms with Gasteiger partial charge in [0.1, 0.15) is 4.99 Å². The molecule has 0 radical (unpaired) electrons. The zero-order chi connectivity index (χ0) is 30.3. The minimum atomic E-state index is -3.05. The van der Waals surface area contributed by atoms with Crippen molar-refractivity contribution in [2.75, 3.05) is 0 Å². The molecular weight excluding hydrogens is 568 g/mol. The number of nitrogens with zero attached hydrogens (tertiary/aromatic N) is 1. The topological polar surface area (TPSA) is 73.6 Å². The van der Waals surface area contributed by atoms with Crippen LogP contribution in [0.4, 0.5) is 10.1 Å². The highest BCUT2D eigenvalue weighted by Gasteiger charge is 2.52. The zero-order valence-corrected chi connectivity index (χ0v) is 25.9. The lowest BCUT2D eigenvalue weighted by Gasteiger charge is -2.46. The van der Waals surface area contributed by atoms with Gasteiger partial charge in [-0.1, -0.05) is 130 Å². The maximum Gasteiger partial charge on any atom is 0.305 e. The summed E-state index contributed by atoms with van der Waals surface area (Å²) in [6.07, 6.45) is -0.823. The molecule has 0 aliphatic carbocycles. The molecule has 1 N–H and O–H groups in total. The van der Waals surface area contributed by atoms with Gasteiger partial charge in [-0.25, -0.2) is 0 Å². The summed E-state index contributed by atoms with van der Waals surface area (Å²) in [5, 5.41) is 16.3. The van der Waals surface area contributed by atoms with Crippen molar-refractivity contribution < 1.29 is 18.5 Å². The maximum atomic E-state index is 15.0. The predicted molar refractivity (Wildman–Crippen MR) is 171 cm³/mol. The summed E-state index contributed by atoms with van der Waals surface area (Å²) in [6.45, 7) is 8.65. The fraction of sp³-hybridized carbons (Fsp3) is 0.242. The molecule has 0 saturated heterocycles. The number of nitro groups is 1. The summed E-state index contributed by atoms with van der Waals surface area (Å²) < 4.78 is 28.8. The number of benzene rings is 4. The fourth-order valence-corrected chi connectivity index (χ4v) is 10.1. The Kier molecular flexibility index (Phi) is 10.0. The number of thiocarbonyl (C=S) groups is 1. The average Bonchev–Trinajstić information content (AvgIpc) is 2.98. The van der Waals surface area contributed by atoms with Crippen LogP contribution in [0.25, 0.3) is 0 Å². The van der Waals surface area contributed by atoms with Crippen LogP contribution in [0.2, 0.25) is 5.04 Å². The Morgan fingerprint density at radius 1 is 0.905 bits per heavy atom. The highest BCUT2D eigenvalue weighted by atomic mass is 32.1. The average molecular weight is 603 g/mol. The van der Waals surface area contributed by atoms with Crippen molar-refractivity contribution >= 4 is 41.6 Å². The van der Waals surface area contributed by atoms with E-state index in [2.05, 4.69) is 50.4 Å². The highest BCUT2D eigenvalue weighted by Crippen LogP contribution is 2.38. The summed E-state index contributed by atoms with van der Waals surface area (Å²) in [6, 6.07) is 33.6. The van der Waals surface area contributed by atoms with Crippen molar-refractivity contribution in [2.45, 2.75) is 51.7 Å². The van der Waals surface area contributed by atoms with Crippen LogP contribution in [0.15, 0.2) is 109 Å². The lowest BCUT2D eigenvalue weighted by atomic mass is 10.1. The summed E-state index contributed by atoms with van der Waals surface area (Å²) in [7, 11) is -3.05. The molecule has 2 atom stereocenters. The molecule has 218 valence electrons. The molecular formula is C33H35FN2O4SSi. The van der Waals surface area contributed by atoms with Crippen LogP contribution in [-0.4, -0.2) is 30.6 Å². The Hall–Kier alpha value is -3.76. The molecule has 0 spiro atoms. The highest BCUT2D eigenvalue weighted by molar-refractivity contribution is 7.80. The Morgan fingerprint density at radius 3 is 1.93 bits per heavy atom. The second-order valence-corrected chi connectivity index (χ2v) is 15.8. The van der Waals surface area contributed by atoms with Crippen LogP contribution in [-0.2, 0) is 15.8 Å². The number of hydrogen-bond donors (Lipinski definition) is 1. The molecule has 0 aliphatic rings. The first-order chi connectivity index (χ1) is 20.0. The summed E-state index contributed by atoms with van der Waals surface area (Å²) in [4.78, 5) is 10.6. The Labute approximate surface area is 252 Å². The first-order valence-electron chi connectivity index (χ1n) is 13.7.